The third-order valence-electron chi connectivity index (χ3n) is 3.97. The molecule has 92 valence electrons. The van der Waals surface area contributed by atoms with E-state index in [1.54, 1.807) is 6.26 Å². The van der Waals surface area contributed by atoms with Gasteiger partial charge in [0.15, 0.2) is 5.76 Å². The van der Waals surface area contributed by atoms with Crippen LogP contribution in [0.5, 0.6) is 0 Å². The number of aryl methyl sites for hydroxylation is 1. The Morgan fingerprint density at radius 2 is 2.06 bits per heavy atom. The third-order valence-corrected chi connectivity index (χ3v) is 4.32. The van der Waals surface area contributed by atoms with E-state index in [1.165, 1.54) is 0 Å². The largest absolute Gasteiger partial charge is 0.459 e. The first-order valence-electron chi connectivity index (χ1n) is 6.17. The predicted molar refractivity (Wildman–Crippen MR) is 65.3 cm³/mol. The van der Waals surface area contributed by atoms with Crippen LogP contribution in [0.2, 0.25) is 0 Å². The maximum Gasteiger partial charge on any atom is 0.290 e. The van der Waals surface area contributed by atoms with E-state index in [4.69, 9.17) is 16.0 Å². The monoisotopic (exact) mass is 253 g/mol. The van der Waals surface area contributed by atoms with E-state index in [0.717, 1.165) is 31.2 Å². The number of carbonyl (C=O) groups is 1. The highest BCUT2D eigenvalue weighted by molar-refractivity contribution is 6.20. The van der Waals surface area contributed by atoms with Crippen LogP contribution in [0.25, 0.3) is 0 Å². The van der Waals surface area contributed by atoms with Gasteiger partial charge >= 0.3 is 0 Å². The summed E-state index contributed by atoms with van der Waals surface area (Å²) in [5, 5.41) is 0.231. The van der Waals surface area contributed by atoms with Crippen LogP contribution in [0.15, 0.2) is 16.7 Å². The molecule has 3 nitrogen and oxygen atoms in total. The molecule has 2 fully saturated rings. The normalized spacial score (nSPS) is 31.9. The molecule has 2 saturated heterocycles. The van der Waals surface area contributed by atoms with E-state index in [2.05, 4.69) is 0 Å². The lowest BCUT2D eigenvalue weighted by Gasteiger charge is -2.36. The second kappa shape index (κ2) is 4.05. The fraction of sp³-hybridized carbons (Fsp3) is 0.615. The molecule has 2 atom stereocenters. The summed E-state index contributed by atoms with van der Waals surface area (Å²) in [5.74, 6) is 0.540. The van der Waals surface area contributed by atoms with Crippen molar-refractivity contribution in [3.8, 4) is 0 Å². The van der Waals surface area contributed by atoms with Crippen LogP contribution >= 0.6 is 11.6 Å². The summed E-state index contributed by atoms with van der Waals surface area (Å²) < 4.78 is 5.31. The molecule has 3 rings (SSSR count). The van der Waals surface area contributed by atoms with Gasteiger partial charge in [-0.25, -0.2) is 0 Å². The minimum atomic E-state index is 0.0450. The standard InChI is InChI=1S/C13H16ClNO2/c1-8-4-5-17-12(8)13(16)15-10-2-3-11(15)7-9(14)6-10/h4-5,9-11H,2-3,6-7H2,1H3. The molecule has 17 heavy (non-hydrogen) atoms. The molecule has 3 heterocycles. The number of alkyl halides is 1. The van der Waals surface area contributed by atoms with Gasteiger partial charge in [-0.15, -0.1) is 11.6 Å². The molecule has 2 aliphatic rings. The Kier molecular flexibility index (Phi) is 2.66. The molecular weight excluding hydrogens is 238 g/mol. The van der Waals surface area contributed by atoms with Gasteiger partial charge in [0, 0.05) is 23.0 Å². The summed E-state index contributed by atoms with van der Waals surface area (Å²) in [5.41, 5.74) is 0.919. The van der Waals surface area contributed by atoms with Gasteiger partial charge in [-0.2, -0.15) is 0 Å². The average molecular weight is 254 g/mol. The maximum absolute atomic E-state index is 12.4. The number of rotatable bonds is 1. The van der Waals surface area contributed by atoms with Crippen LogP contribution in [0.3, 0.4) is 0 Å². The van der Waals surface area contributed by atoms with E-state index in [-0.39, 0.29) is 11.3 Å². The molecule has 1 aromatic rings. The first-order chi connectivity index (χ1) is 8.16. The van der Waals surface area contributed by atoms with Crippen molar-refractivity contribution in [2.45, 2.75) is 50.1 Å². The SMILES string of the molecule is Cc1ccoc1C(=O)N1C2CCC1CC(Cl)C2. The topological polar surface area (TPSA) is 33.5 Å². The summed E-state index contributed by atoms with van der Waals surface area (Å²) >= 11 is 6.21. The number of fused-ring (bicyclic) bond motifs is 2. The van der Waals surface area contributed by atoms with Crippen LogP contribution in [0.4, 0.5) is 0 Å². The zero-order valence-corrected chi connectivity index (χ0v) is 10.6. The highest BCUT2D eigenvalue weighted by Crippen LogP contribution is 2.38. The summed E-state index contributed by atoms with van der Waals surface area (Å²) in [6, 6.07) is 2.46. The molecule has 0 radical (unpaired) electrons. The van der Waals surface area contributed by atoms with Gasteiger partial charge in [-0.1, -0.05) is 0 Å². The fourth-order valence-corrected chi connectivity index (χ4v) is 3.56. The number of furan rings is 1. The molecular formula is C13H16ClNO2. The van der Waals surface area contributed by atoms with Crippen LogP contribution in [0.1, 0.15) is 41.8 Å². The van der Waals surface area contributed by atoms with Gasteiger partial charge in [0.25, 0.3) is 5.91 Å². The van der Waals surface area contributed by atoms with Gasteiger partial charge in [-0.3, -0.25) is 4.79 Å². The van der Waals surface area contributed by atoms with Gasteiger partial charge in [0.1, 0.15) is 0 Å². The Labute approximate surface area is 106 Å². The van der Waals surface area contributed by atoms with Crippen molar-refractivity contribution in [2.75, 3.05) is 0 Å². The predicted octanol–water partition coefficient (Wildman–Crippen LogP) is 2.96. The van der Waals surface area contributed by atoms with Crippen LogP contribution in [-0.4, -0.2) is 28.3 Å². The Morgan fingerprint density at radius 3 is 2.59 bits per heavy atom. The van der Waals surface area contributed by atoms with E-state index in [1.807, 2.05) is 17.9 Å². The molecule has 0 N–H and O–H groups in total. The smallest absolute Gasteiger partial charge is 0.290 e. The lowest BCUT2D eigenvalue weighted by Crippen LogP contribution is -2.47. The number of nitrogens with zero attached hydrogens (tertiary/aromatic N) is 1. The van der Waals surface area contributed by atoms with Crippen molar-refractivity contribution in [3.63, 3.8) is 0 Å². The lowest BCUT2D eigenvalue weighted by atomic mass is 10.0. The van der Waals surface area contributed by atoms with Crippen LogP contribution in [-0.2, 0) is 0 Å². The first kappa shape index (κ1) is 11.1. The highest BCUT2D eigenvalue weighted by atomic mass is 35.5. The van der Waals surface area contributed by atoms with Gasteiger partial charge in [-0.05, 0) is 38.7 Å². The quantitative estimate of drug-likeness (QED) is 0.721. The minimum Gasteiger partial charge on any atom is -0.459 e. The summed E-state index contributed by atoms with van der Waals surface area (Å²) in [6.07, 6.45) is 5.59. The Balaban J connectivity index is 1.86. The fourth-order valence-electron chi connectivity index (χ4n) is 3.15. The molecule has 0 spiro atoms. The number of hydrogen-bond acceptors (Lipinski definition) is 2. The molecule has 2 bridgehead atoms. The molecule has 0 aliphatic carbocycles. The minimum absolute atomic E-state index is 0.0450. The van der Waals surface area contributed by atoms with Crippen molar-refractivity contribution in [2.24, 2.45) is 0 Å². The molecule has 1 aromatic heterocycles. The van der Waals surface area contributed by atoms with Crippen molar-refractivity contribution in [1.29, 1.82) is 0 Å². The number of hydrogen-bond donors (Lipinski definition) is 0. The molecule has 1 amide bonds. The molecule has 0 aromatic carbocycles. The third kappa shape index (κ3) is 1.77. The summed E-state index contributed by atoms with van der Waals surface area (Å²) in [4.78, 5) is 14.4. The number of halogens is 1. The van der Waals surface area contributed by atoms with E-state index >= 15 is 0 Å². The summed E-state index contributed by atoms with van der Waals surface area (Å²) in [6.45, 7) is 1.91. The molecule has 0 saturated carbocycles. The number of carbonyl (C=O) groups excluding carboxylic acids is 1. The second-order valence-corrected chi connectivity index (χ2v) is 5.72. The molecule has 2 aliphatic heterocycles. The van der Waals surface area contributed by atoms with E-state index in [0.29, 0.717) is 17.8 Å². The van der Waals surface area contributed by atoms with Crippen molar-refractivity contribution in [3.05, 3.63) is 23.7 Å². The Hall–Kier alpha value is -0.960. The van der Waals surface area contributed by atoms with Crippen LogP contribution < -0.4 is 0 Å². The Morgan fingerprint density at radius 1 is 1.41 bits per heavy atom. The van der Waals surface area contributed by atoms with Crippen molar-refractivity contribution < 1.29 is 9.21 Å². The zero-order valence-electron chi connectivity index (χ0n) is 9.86. The molecule has 4 heteroatoms. The van der Waals surface area contributed by atoms with Gasteiger partial charge in [0.2, 0.25) is 0 Å². The lowest BCUT2D eigenvalue weighted by molar-refractivity contribution is 0.0566. The second-order valence-electron chi connectivity index (χ2n) is 5.10. The Bertz CT molecular complexity index is 428. The molecule has 2 unspecified atom stereocenters. The van der Waals surface area contributed by atoms with Crippen molar-refractivity contribution in [1.82, 2.24) is 4.90 Å². The van der Waals surface area contributed by atoms with E-state index in [9.17, 15) is 4.79 Å². The number of piperidine rings is 1. The first-order valence-corrected chi connectivity index (χ1v) is 6.61. The van der Waals surface area contributed by atoms with Gasteiger partial charge in [0.05, 0.1) is 6.26 Å². The maximum atomic E-state index is 12.4. The van der Waals surface area contributed by atoms with Gasteiger partial charge < -0.3 is 9.32 Å². The number of amides is 1. The highest BCUT2D eigenvalue weighted by Gasteiger charge is 2.43. The van der Waals surface area contributed by atoms with Crippen molar-refractivity contribution >= 4 is 17.5 Å². The zero-order chi connectivity index (χ0) is 12.0. The average Bonchev–Trinajstić information content (AvgIpc) is 2.81. The summed E-state index contributed by atoms with van der Waals surface area (Å²) in [7, 11) is 0. The van der Waals surface area contributed by atoms with E-state index < -0.39 is 0 Å². The van der Waals surface area contributed by atoms with Crippen LogP contribution in [0, 0.1) is 6.92 Å².